The van der Waals surface area contributed by atoms with Crippen molar-refractivity contribution in [3.05, 3.63) is 88.7 Å². The number of rotatable bonds is 6. The van der Waals surface area contributed by atoms with Gasteiger partial charge in [0.1, 0.15) is 4.90 Å². The summed E-state index contributed by atoms with van der Waals surface area (Å²) in [6, 6.07) is 18.4. The Bertz CT molecular complexity index is 980. The Hall–Kier alpha value is -2.08. The Labute approximate surface area is 153 Å². The van der Waals surface area contributed by atoms with Gasteiger partial charge in [0.05, 0.1) is 11.6 Å². The Morgan fingerprint density at radius 3 is 2.48 bits per heavy atom. The van der Waals surface area contributed by atoms with Crippen LogP contribution in [0.25, 0.3) is 0 Å². The van der Waals surface area contributed by atoms with Crippen LogP contribution in [0.5, 0.6) is 0 Å². The highest BCUT2D eigenvalue weighted by Gasteiger charge is 2.17. The van der Waals surface area contributed by atoms with Crippen molar-refractivity contribution in [3.63, 3.8) is 0 Å². The quantitative estimate of drug-likeness (QED) is 0.709. The number of halogens is 1. The first-order valence-electron chi connectivity index (χ1n) is 7.90. The second-order valence-corrected chi connectivity index (χ2v) is 7.95. The van der Waals surface area contributed by atoms with E-state index in [-0.39, 0.29) is 16.5 Å². The SMILES string of the molecule is Cc1ccccc1Cn1cccc1CNS(=O)(=O)c1ccccc1Cl. The molecule has 6 heteroatoms. The lowest BCUT2D eigenvalue weighted by atomic mass is 10.1. The van der Waals surface area contributed by atoms with Gasteiger partial charge in [-0.05, 0) is 42.3 Å². The Morgan fingerprint density at radius 1 is 1.00 bits per heavy atom. The number of benzene rings is 2. The molecule has 1 N–H and O–H groups in total. The van der Waals surface area contributed by atoms with Gasteiger partial charge in [-0.25, -0.2) is 13.1 Å². The highest BCUT2D eigenvalue weighted by Crippen LogP contribution is 2.20. The average molecular weight is 375 g/mol. The van der Waals surface area contributed by atoms with Crippen molar-refractivity contribution in [2.24, 2.45) is 0 Å². The summed E-state index contributed by atoms with van der Waals surface area (Å²) in [6.45, 7) is 2.97. The zero-order chi connectivity index (χ0) is 17.9. The lowest BCUT2D eigenvalue weighted by Gasteiger charge is -2.13. The number of hydrogen-bond acceptors (Lipinski definition) is 2. The molecule has 0 radical (unpaired) electrons. The summed E-state index contributed by atoms with van der Waals surface area (Å²) in [7, 11) is -3.66. The van der Waals surface area contributed by atoms with Gasteiger partial charge in [-0.3, -0.25) is 0 Å². The van der Waals surface area contributed by atoms with Crippen LogP contribution in [-0.4, -0.2) is 13.0 Å². The minimum Gasteiger partial charge on any atom is -0.346 e. The molecule has 0 aliphatic carbocycles. The number of aromatic nitrogens is 1. The molecule has 2 aromatic carbocycles. The van der Waals surface area contributed by atoms with Crippen LogP contribution in [0.15, 0.2) is 71.8 Å². The standard InChI is InChI=1S/C19H19ClN2O2S/c1-15-7-2-3-8-16(15)14-22-12-6-9-17(22)13-21-25(23,24)19-11-5-4-10-18(19)20/h2-12,21H,13-14H2,1H3. The first-order chi connectivity index (χ1) is 12.0. The van der Waals surface area contributed by atoms with Gasteiger partial charge in [-0.2, -0.15) is 0 Å². The van der Waals surface area contributed by atoms with E-state index >= 15 is 0 Å². The van der Waals surface area contributed by atoms with Gasteiger partial charge in [0.15, 0.2) is 0 Å². The summed E-state index contributed by atoms with van der Waals surface area (Å²) in [5.74, 6) is 0. The van der Waals surface area contributed by atoms with Gasteiger partial charge < -0.3 is 4.57 Å². The molecule has 0 saturated heterocycles. The molecule has 0 unspecified atom stereocenters. The van der Waals surface area contributed by atoms with Crippen LogP contribution in [0.3, 0.4) is 0 Å². The van der Waals surface area contributed by atoms with Gasteiger partial charge in [0.2, 0.25) is 10.0 Å². The Balaban J connectivity index is 1.76. The maximum absolute atomic E-state index is 12.5. The first-order valence-corrected chi connectivity index (χ1v) is 9.76. The van der Waals surface area contributed by atoms with Gasteiger partial charge in [0, 0.05) is 18.4 Å². The zero-order valence-electron chi connectivity index (χ0n) is 13.8. The van der Waals surface area contributed by atoms with Crippen molar-refractivity contribution in [2.75, 3.05) is 0 Å². The van der Waals surface area contributed by atoms with Crippen molar-refractivity contribution in [1.29, 1.82) is 0 Å². The van der Waals surface area contributed by atoms with E-state index < -0.39 is 10.0 Å². The third-order valence-corrected chi connectivity index (χ3v) is 6.00. The highest BCUT2D eigenvalue weighted by atomic mass is 35.5. The zero-order valence-corrected chi connectivity index (χ0v) is 15.4. The summed E-state index contributed by atoms with van der Waals surface area (Å²) < 4.78 is 29.6. The topological polar surface area (TPSA) is 51.1 Å². The monoisotopic (exact) mass is 374 g/mol. The predicted molar refractivity (Wildman–Crippen MR) is 100 cm³/mol. The average Bonchev–Trinajstić information content (AvgIpc) is 3.03. The molecule has 0 aliphatic rings. The van der Waals surface area contributed by atoms with Crippen molar-refractivity contribution in [2.45, 2.75) is 24.9 Å². The van der Waals surface area contributed by atoms with Crippen LogP contribution in [0.1, 0.15) is 16.8 Å². The molecule has 3 rings (SSSR count). The molecule has 0 saturated carbocycles. The van der Waals surface area contributed by atoms with Crippen LogP contribution in [0.4, 0.5) is 0 Å². The normalized spacial score (nSPS) is 11.6. The molecule has 0 fully saturated rings. The van der Waals surface area contributed by atoms with E-state index in [1.807, 2.05) is 35.0 Å². The van der Waals surface area contributed by atoms with Crippen molar-refractivity contribution in [1.82, 2.24) is 9.29 Å². The lowest BCUT2D eigenvalue weighted by Crippen LogP contribution is -2.25. The third kappa shape index (κ3) is 4.12. The number of hydrogen-bond donors (Lipinski definition) is 1. The van der Waals surface area contributed by atoms with E-state index in [1.165, 1.54) is 17.2 Å². The molecule has 0 aliphatic heterocycles. The minimum atomic E-state index is -3.66. The number of sulfonamides is 1. The predicted octanol–water partition coefficient (Wildman–Crippen LogP) is 3.98. The van der Waals surface area contributed by atoms with E-state index in [2.05, 4.69) is 23.8 Å². The van der Waals surface area contributed by atoms with Gasteiger partial charge >= 0.3 is 0 Å². The largest absolute Gasteiger partial charge is 0.346 e. The molecule has 4 nitrogen and oxygen atoms in total. The number of nitrogens with zero attached hydrogens (tertiary/aromatic N) is 1. The molecular formula is C19H19ClN2O2S. The molecule has 130 valence electrons. The van der Waals surface area contributed by atoms with E-state index in [4.69, 9.17) is 11.6 Å². The summed E-state index contributed by atoms with van der Waals surface area (Å²) >= 11 is 6.00. The number of nitrogens with one attached hydrogen (secondary N) is 1. The number of aryl methyl sites for hydroxylation is 1. The fraction of sp³-hybridized carbons (Fsp3) is 0.158. The molecular weight excluding hydrogens is 356 g/mol. The first kappa shape index (κ1) is 17.7. The molecule has 1 aromatic heterocycles. The van der Waals surface area contributed by atoms with Crippen LogP contribution >= 0.6 is 11.6 Å². The van der Waals surface area contributed by atoms with Crippen LogP contribution in [0, 0.1) is 6.92 Å². The van der Waals surface area contributed by atoms with Crippen LogP contribution in [0.2, 0.25) is 5.02 Å². The van der Waals surface area contributed by atoms with Crippen LogP contribution < -0.4 is 4.72 Å². The van der Waals surface area contributed by atoms with Gasteiger partial charge in [-0.15, -0.1) is 0 Å². The van der Waals surface area contributed by atoms with E-state index in [0.717, 1.165) is 5.69 Å². The third-order valence-electron chi connectivity index (χ3n) is 4.09. The van der Waals surface area contributed by atoms with Gasteiger partial charge in [0.25, 0.3) is 0 Å². The van der Waals surface area contributed by atoms with Crippen LogP contribution in [-0.2, 0) is 23.1 Å². The highest BCUT2D eigenvalue weighted by molar-refractivity contribution is 7.89. The molecule has 0 bridgehead atoms. The molecule has 3 aromatic rings. The second kappa shape index (κ2) is 7.44. The van der Waals surface area contributed by atoms with E-state index in [1.54, 1.807) is 18.2 Å². The molecule has 0 amide bonds. The fourth-order valence-corrected chi connectivity index (χ4v) is 4.16. The molecule has 0 spiro atoms. The molecule has 1 heterocycles. The van der Waals surface area contributed by atoms with Crippen molar-refractivity contribution < 1.29 is 8.42 Å². The molecule has 25 heavy (non-hydrogen) atoms. The summed E-state index contributed by atoms with van der Waals surface area (Å²) in [4.78, 5) is 0.0914. The second-order valence-electron chi connectivity index (χ2n) is 5.81. The fourth-order valence-electron chi connectivity index (χ4n) is 2.64. The molecule has 0 atom stereocenters. The maximum Gasteiger partial charge on any atom is 0.242 e. The maximum atomic E-state index is 12.5. The van der Waals surface area contributed by atoms with E-state index in [9.17, 15) is 8.42 Å². The van der Waals surface area contributed by atoms with Crippen molar-refractivity contribution in [3.8, 4) is 0 Å². The summed E-state index contributed by atoms with van der Waals surface area (Å²) in [5.41, 5.74) is 3.30. The minimum absolute atomic E-state index is 0.0914. The lowest BCUT2D eigenvalue weighted by molar-refractivity contribution is 0.578. The van der Waals surface area contributed by atoms with E-state index in [0.29, 0.717) is 6.54 Å². The summed E-state index contributed by atoms with van der Waals surface area (Å²) in [5, 5.41) is 0.213. The van der Waals surface area contributed by atoms with Crippen molar-refractivity contribution >= 4 is 21.6 Å². The van der Waals surface area contributed by atoms with Gasteiger partial charge in [-0.1, -0.05) is 48.0 Å². The Morgan fingerprint density at radius 2 is 1.72 bits per heavy atom. The smallest absolute Gasteiger partial charge is 0.242 e. The Kier molecular flexibility index (Phi) is 5.27. The summed E-state index contributed by atoms with van der Waals surface area (Å²) in [6.07, 6.45) is 1.95.